The summed E-state index contributed by atoms with van der Waals surface area (Å²) >= 11 is 0. The first kappa shape index (κ1) is 15.6. The van der Waals surface area contributed by atoms with Gasteiger partial charge in [0.15, 0.2) is 0 Å². The van der Waals surface area contributed by atoms with Gasteiger partial charge in [0.2, 0.25) is 5.91 Å². The summed E-state index contributed by atoms with van der Waals surface area (Å²) in [4.78, 5) is 14.5. The summed E-state index contributed by atoms with van der Waals surface area (Å²) in [7, 11) is 0. The highest BCUT2D eigenvalue weighted by molar-refractivity contribution is 5.81. The molecule has 0 bridgehead atoms. The van der Waals surface area contributed by atoms with E-state index >= 15 is 0 Å². The molecule has 0 fully saturated rings. The van der Waals surface area contributed by atoms with E-state index in [0.717, 1.165) is 25.0 Å². The summed E-state index contributed by atoms with van der Waals surface area (Å²) in [5.41, 5.74) is 3.59. The summed E-state index contributed by atoms with van der Waals surface area (Å²) in [6, 6.07) is 10.4. The third-order valence-electron chi connectivity index (χ3n) is 4.05. The molecule has 1 atom stereocenters. The Bertz CT molecular complexity index is 542. The van der Waals surface area contributed by atoms with Crippen molar-refractivity contribution in [2.75, 3.05) is 0 Å². The van der Waals surface area contributed by atoms with Gasteiger partial charge in [0.1, 0.15) is 0 Å². The van der Waals surface area contributed by atoms with Gasteiger partial charge in [-0.15, -0.1) is 0 Å². The summed E-state index contributed by atoms with van der Waals surface area (Å²) < 4.78 is 0. The second kappa shape index (κ2) is 7.26. The smallest absolute Gasteiger partial charge is 0.227 e. The molecule has 112 valence electrons. The first-order valence-electron chi connectivity index (χ1n) is 7.95. The maximum absolute atomic E-state index is 12.5. The molecule has 0 aliphatic carbocycles. The number of amides is 1. The molecule has 1 aliphatic rings. The number of carbonyl (C=O) groups is 1. The highest BCUT2D eigenvalue weighted by Gasteiger charge is 2.28. The Kier molecular flexibility index (Phi) is 5.38. The number of carbonyl (C=O) groups excluding carboxylic acids is 1. The Morgan fingerprint density at radius 2 is 2.00 bits per heavy atom. The molecule has 0 unspecified atom stereocenters. The van der Waals surface area contributed by atoms with E-state index < -0.39 is 0 Å². The minimum absolute atomic E-state index is 0.0806. The maximum atomic E-state index is 12.5. The highest BCUT2D eigenvalue weighted by atomic mass is 16.2. The van der Waals surface area contributed by atoms with E-state index in [9.17, 15) is 4.79 Å². The fraction of sp³-hybridized carbons (Fsp3) is 0.421. The topological polar surface area (TPSA) is 20.3 Å². The van der Waals surface area contributed by atoms with Crippen molar-refractivity contribution in [2.24, 2.45) is 0 Å². The Balaban J connectivity index is 2.37. The van der Waals surface area contributed by atoms with Crippen LogP contribution in [-0.2, 0) is 4.79 Å². The number of nitrogens with zero attached hydrogens (tertiary/aromatic N) is 1. The van der Waals surface area contributed by atoms with Gasteiger partial charge in [-0.3, -0.25) is 4.79 Å². The molecule has 2 heteroatoms. The molecule has 0 saturated carbocycles. The van der Waals surface area contributed by atoms with Crippen LogP contribution in [-0.4, -0.2) is 10.8 Å². The summed E-state index contributed by atoms with van der Waals surface area (Å²) in [6.45, 7) is 6.42. The summed E-state index contributed by atoms with van der Waals surface area (Å²) in [6.07, 6.45) is 7.91. The quantitative estimate of drug-likeness (QED) is 0.744. The normalized spacial score (nSPS) is 17.7. The van der Waals surface area contributed by atoms with E-state index in [1.807, 2.05) is 23.1 Å². The van der Waals surface area contributed by atoms with Crippen molar-refractivity contribution in [3.8, 4) is 0 Å². The van der Waals surface area contributed by atoms with Crippen molar-refractivity contribution in [2.45, 2.75) is 52.5 Å². The average Bonchev–Trinajstić information content (AvgIpc) is 2.52. The molecule has 1 amide bonds. The molecular weight excluding hydrogens is 258 g/mol. The van der Waals surface area contributed by atoms with E-state index in [2.05, 4.69) is 45.1 Å². The van der Waals surface area contributed by atoms with Crippen LogP contribution in [0.25, 0.3) is 0 Å². The molecule has 0 saturated heterocycles. The van der Waals surface area contributed by atoms with Gasteiger partial charge in [-0.1, -0.05) is 56.3 Å². The zero-order chi connectivity index (χ0) is 15.2. The maximum Gasteiger partial charge on any atom is 0.227 e. The van der Waals surface area contributed by atoms with Crippen LogP contribution in [0.2, 0.25) is 0 Å². The van der Waals surface area contributed by atoms with Gasteiger partial charge in [-0.25, -0.2) is 0 Å². The second-order valence-corrected chi connectivity index (χ2v) is 5.47. The Morgan fingerprint density at radius 1 is 1.29 bits per heavy atom. The molecule has 0 aromatic heterocycles. The lowest BCUT2D eigenvalue weighted by molar-refractivity contribution is -0.131. The average molecular weight is 283 g/mol. The lowest BCUT2D eigenvalue weighted by atomic mass is 9.97. The standard InChI is InChI=1S/C19H25NO/c1-4-10-16(5-2)18-13-9-14-19(21)20(18)15(3)17-11-7-6-8-12-17/h6-8,10-13,15H,4-5,9,14H2,1-3H3/b16-10+/t15-/m1/s1. The van der Waals surface area contributed by atoms with Crippen LogP contribution in [0.1, 0.15) is 58.1 Å². The largest absolute Gasteiger partial charge is 0.305 e. The molecule has 0 radical (unpaired) electrons. The zero-order valence-corrected chi connectivity index (χ0v) is 13.3. The third kappa shape index (κ3) is 3.44. The molecule has 2 nitrogen and oxygen atoms in total. The van der Waals surface area contributed by atoms with E-state index in [0.29, 0.717) is 6.42 Å². The number of rotatable bonds is 5. The highest BCUT2D eigenvalue weighted by Crippen LogP contribution is 2.33. The van der Waals surface area contributed by atoms with Crippen LogP contribution < -0.4 is 0 Å². The zero-order valence-electron chi connectivity index (χ0n) is 13.3. The molecule has 0 N–H and O–H groups in total. The fourth-order valence-corrected chi connectivity index (χ4v) is 2.95. The monoisotopic (exact) mass is 283 g/mol. The van der Waals surface area contributed by atoms with Gasteiger partial charge in [0.25, 0.3) is 0 Å². The van der Waals surface area contributed by atoms with Crippen LogP contribution in [0, 0.1) is 0 Å². The van der Waals surface area contributed by atoms with Crippen molar-refractivity contribution < 1.29 is 4.79 Å². The number of hydrogen-bond acceptors (Lipinski definition) is 1. The van der Waals surface area contributed by atoms with Crippen LogP contribution in [0.4, 0.5) is 0 Å². The van der Waals surface area contributed by atoms with Crippen LogP contribution in [0.15, 0.2) is 53.8 Å². The van der Waals surface area contributed by atoms with Crippen molar-refractivity contribution in [3.05, 3.63) is 59.3 Å². The van der Waals surface area contributed by atoms with Crippen LogP contribution >= 0.6 is 0 Å². The first-order valence-corrected chi connectivity index (χ1v) is 7.95. The van der Waals surface area contributed by atoms with Gasteiger partial charge in [-0.05, 0) is 37.3 Å². The summed E-state index contributed by atoms with van der Waals surface area (Å²) in [5.74, 6) is 0.235. The lowest BCUT2D eigenvalue weighted by Crippen LogP contribution is -2.35. The Hall–Kier alpha value is -1.83. The van der Waals surface area contributed by atoms with Crippen molar-refractivity contribution in [1.29, 1.82) is 0 Å². The van der Waals surface area contributed by atoms with E-state index in [1.54, 1.807) is 0 Å². The predicted molar refractivity (Wildman–Crippen MR) is 87.7 cm³/mol. The van der Waals surface area contributed by atoms with Gasteiger partial charge in [0, 0.05) is 12.1 Å². The van der Waals surface area contributed by atoms with Gasteiger partial charge >= 0.3 is 0 Å². The Morgan fingerprint density at radius 3 is 2.62 bits per heavy atom. The minimum Gasteiger partial charge on any atom is -0.305 e. The number of hydrogen-bond donors (Lipinski definition) is 0. The van der Waals surface area contributed by atoms with Crippen molar-refractivity contribution in [3.63, 3.8) is 0 Å². The first-order chi connectivity index (χ1) is 10.2. The molecule has 1 heterocycles. The molecule has 1 aliphatic heterocycles. The molecular formula is C19H25NO. The van der Waals surface area contributed by atoms with Crippen LogP contribution in [0.3, 0.4) is 0 Å². The van der Waals surface area contributed by atoms with Crippen molar-refractivity contribution in [1.82, 2.24) is 4.90 Å². The molecule has 1 aromatic carbocycles. The third-order valence-corrected chi connectivity index (χ3v) is 4.05. The number of allylic oxidation sites excluding steroid dienone is 3. The van der Waals surface area contributed by atoms with Gasteiger partial charge in [0.05, 0.1) is 6.04 Å². The van der Waals surface area contributed by atoms with E-state index in [-0.39, 0.29) is 11.9 Å². The van der Waals surface area contributed by atoms with E-state index in [1.165, 1.54) is 11.1 Å². The molecule has 0 spiro atoms. The second-order valence-electron chi connectivity index (χ2n) is 5.47. The number of benzene rings is 1. The van der Waals surface area contributed by atoms with E-state index in [4.69, 9.17) is 0 Å². The Labute approximate surface area is 128 Å². The molecule has 21 heavy (non-hydrogen) atoms. The van der Waals surface area contributed by atoms with Crippen molar-refractivity contribution >= 4 is 5.91 Å². The summed E-state index contributed by atoms with van der Waals surface area (Å²) in [5, 5.41) is 0. The predicted octanol–water partition coefficient (Wildman–Crippen LogP) is 5.00. The molecule has 1 aromatic rings. The molecule has 2 rings (SSSR count). The van der Waals surface area contributed by atoms with Crippen LogP contribution in [0.5, 0.6) is 0 Å². The SMILES string of the molecule is CC/C=C(\CC)C1=CCCC(=O)N1[C@H](C)c1ccccc1. The minimum atomic E-state index is 0.0806. The lowest BCUT2D eigenvalue weighted by Gasteiger charge is -2.35. The van der Waals surface area contributed by atoms with Gasteiger partial charge < -0.3 is 4.90 Å². The fourth-order valence-electron chi connectivity index (χ4n) is 2.95. The van der Waals surface area contributed by atoms with Gasteiger partial charge in [-0.2, -0.15) is 0 Å².